The first-order chi connectivity index (χ1) is 21.6. The predicted octanol–water partition coefficient (Wildman–Crippen LogP) is 5.70. The minimum absolute atomic E-state index is 0.00879. The maximum atomic E-state index is 15.1. The van der Waals surface area contributed by atoms with Gasteiger partial charge in [0.25, 0.3) is 5.91 Å². The minimum atomic E-state index is -4.75. The van der Waals surface area contributed by atoms with E-state index < -0.39 is 48.9 Å². The van der Waals surface area contributed by atoms with E-state index in [0.29, 0.717) is 43.2 Å². The van der Waals surface area contributed by atoms with E-state index in [9.17, 15) is 27.6 Å². The van der Waals surface area contributed by atoms with E-state index in [0.717, 1.165) is 17.5 Å². The maximum absolute atomic E-state index is 15.1. The lowest BCUT2D eigenvalue weighted by atomic mass is 9.86. The highest BCUT2D eigenvalue weighted by atomic mass is 28.3. The van der Waals surface area contributed by atoms with Crippen LogP contribution in [-0.2, 0) is 17.0 Å². The summed E-state index contributed by atoms with van der Waals surface area (Å²) in [6.45, 7) is 8.73. The van der Waals surface area contributed by atoms with E-state index in [1.165, 1.54) is 11.2 Å². The van der Waals surface area contributed by atoms with Gasteiger partial charge in [0.1, 0.15) is 41.9 Å². The predicted molar refractivity (Wildman–Crippen MR) is 163 cm³/mol. The molecule has 10 nitrogen and oxygen atoms in total. The van der Waals surface area contributed by atoms with Crippen molar-refractivity contribution in [3.05, 3.63) is 60.3 Å². The first-order valence-corrected chi connectivity index (χ1v) is 18.2. The van der Waals surface area contributed by atoms with Crippen molar-refractivity contribution in [1.82, 2.24) is 29.6 Å². The highest BCUT2D eigenvalue weighted by molar-refractivity contribution is 6.76. The van der Waals surface area contributed by atoms with Gasteiger partial charge in [-0.05, 0) is 25.1 Å². The largest absolute Gasteiger partial charge is 0.408 e. The van der Waals surface area contributed by atoms with Crippen molar-refractivity contribution in [3.8, 4) is 17.3 Å². The Morgan fingerprint density at radius 2 is 1.93 bits per heavy atom. The molecule has 1 N–H and O–H groups in total. The van der Waals surface area contributed by atoms with Crippen LogP contribution in [0.1, 0.15) is 23.7 Å². The molecule has 0 radical (unpaired) electrons. The molecule has 3 aromatic heterocycles. The van der Waals surface area contributed by atoms with Crippen LogP contribution in [0.5, 0.6) is 0 Å². The maximum Gasteiger partial charge on any atom is 0.408 e. The lowest BCUT2D eigenvalue weighted by Crippen LogP contribution is -2.63. The lowest BCUT2D eigenvalue weighted by molar-refractivity contribution is -0.149. The number of anilines is 1. The molecule has 1 amide bonds. The highest BCUT2D eigenvalue weighted by Gasteiger charge is 2.47. The summed E-state index contributed by atoms with van der Waals surface area (Å²) >= 11 is 0. The Kier molecular flexibility index (Phi) is 8.93. The summed E-state index contributed by atoms with van der Waals surface area (Å²) in [7, 11) is -1.22. The number of carbonyl (C=O) groups is 1. The molecule has 1 atom stereocenters. The molecule has 4 aromatic rings. The lowest BCUT2D eigenvalue weighted by Gasteiger charge is -2.50. The van der Waals surface area contributed by atoms with Crippen molar-refractivity contribution in [2.75, 3.05) is 24.6 Å². The van der Waals surface area contributed by atoms with Gasteiger partial charge in [-0.15, -0.1) is 0 Å². The number of halogens is 5. The highest BCUT2D eigenvalue weighted by Crippen LogP contribution is 2.39. The van der Waals surface area contributed by atoms with Crippen LogP contribution in [0.3, 0.4) is 0 Å². The fourth-order valence-electron chi connectivity index (χ4n) is 5.21. The summed E-state index contributed by atoms with van der Waals surface area (Å²) in [5.74, 6) is -3.55. The van der Waals surface area contributed by atoms with Gasteiger partial charge in [0.2, 0.25) is 0 Å². The Balaban J connectivity index is 1.32. The number of ether oxygens (including phenoxy) is 1. The van der Waals surface area contributed by atoms with Gasteiger partial charge in [-0.1, -0.05) is 19.6 Å². The van der Waals surface area contributed by atoms with E-state index in [4.69, 9.17) is 4.74 Å². The van der Waals surface area contributed by atoms with Crippen LogP contribution >= 0.6 is 0 Å². The first kappa shape index (κ1) is 33.0. The SMILES string of the molecule is C[C@H](NC(=O)c1cc(F)c(N2CC(CC#N)(n3cc(-c4ncnc5c4ccn5COCC[Si](C)(C)C)cn3)C2)cc1F)C(F)(F)F. The molecule has 1 aromatic carbocycles. The van der Waals surface area contributed by atoms with Crippen LogP contribution in [0.4, 0.5) is 27.6 Å². The van der Waals surface area contributed by atoms with Gasteiger partial charge in [-0.3, -0.25) is 9.48 Å². The average molecular weight is 661 g/mol. The van der Waals surface area contributed by atoms with Crippen molar-refractivity contribution in [2.24, 2.45) is 0 Å². The molecule has 4 heterocycles. The number of nitriles is 1. The zero-order valence-corrected chi connectivity index (χ0v) is 26.7. The number of nitrogens with zero attached hydrogens (tertiary/aromatic N) is 7. The number of rotatable bonds is 11. The molecule has 46 heavy (non-hydrogen) atoms. The van der Waals surface area contributed by atoms with E-state index in [1.54, 1.807) is 22.4 Å². The van der Waals surface area contributed by atoms with Crippen LogP contribution < -0.4 is 10.2 Å². The van der Waals surface area contributed by atoms with Crippen LogP contribution in [0.2, 0.25) is 25.7 Å². The molecule has 0 aliphatic carbocycles. The number of benzene rings is 1. The second kappa shape index (κ2) is 12.4. The molecule has 0 spiro atoms. The minimum Gasteiger partial charge on any atom is -0.364 e. The molecular weight excluding hydrogens is 627 g/mol. The van der Waals surface area contributed by atoms with Gasteiger partial charge in [0.15, 0.2) is 0 Å². The van der Waals surface area contributed by atoms with Crippen molar-refractivity contribution < 1.29 is 31.5 Å². The summed E-state index contributed by atoms with van der Waals surface area (Å²) < 4.78 is 77.8. The Bertz CT molecular complexity index is 1790. The van der Waals surface area contributed by atoms with Gasteiger partial charge >= 0.3 is 6.18 Å². The third-order valence-electron chi connectivity index (χ3n) is 7.96. The summed E-state index contributed by atoms with van der Waals surface area (Å²) in [5, 5.41) is 16.5. The van der Waals surface area contributed by atoms with E-state index in [2.05, 4.69) is 40.8 Å². The van der Waals surface area contributed by atoms with E-state index >= 15 is 4.39 Å². The van der Waals surface area contributed by atoms with Gasteiger partial charge < -0.3 is 19.5 Å². The molecular formula is C30H33F5N8O2Si. The number of amides is 1. The van der Waals surface area contributed by atoms with Gasteiger partial charge in [-0.25, -0.2) is 18.7 Å². The Labute approximate surface area is 262 Å². The normalized spacial score (nSPS) is 15.4. The third kappa shape index (κ3) is 6.75. The number of nitrogens with one attached hydrogen (secondary N) is 1. The Morgan fingerprint density at radius 1 is 1.20 bits per heavy atom. The summed E-state index contributed by atoms with van der Waals surface area (Å²) in [5.41, 5.74) is 0.0696. The first-order valence-electron chi connectivity index (χ1n) is 14.5. The molecule has 5 rings (SSSR count). The smallest absolute Gasteiger partial charge is 0.364 e. The molecule has 16 heteroatoms. The van der Waals surface area contributed by atoms with Crippen molar-refractivity contribution in [2.45, 2.75) is 63.5 Å². The summed E-state index contributed by atoms with van der Waals surface area (Å²) in [4.78, 5) is 22.6. The molecule has 1 aliphatic heterocycles. The van der Waals surface area contributed by atoms with Crippen LogP contribution in [-0.4, -0.2) is 70.2 Å². The second-order valence-electron chi connectivity index (χ2n) is 12.7. The number of hydrogen-bond acceptors (Lipinski definition) is 7. The topological polar surface area (TPSA) is 114 Å². The van der Waals surface area contributed by atoms with Crippen molar-refractivity contribution in [3.63, 3.8) is 0 Å². The van der Waals surface area contributed by atoms with Crippen molar-refractivity contribution in [1.29, 1.82) is 5.26 Å². The molecule has 1 saturated heterocycles. The number of carbonyl (C=O) groups excluding carboxylic acids is 1. The zero-order valence-electron chi connectivity index (χ0n) is 25.7. The van der Waals surface area contributed by atoms with Gasteiger partial charge in [0.05, 0.1) is 35.6 Å². The molecule has 0 saturated carbocycles. The van der Waals surface area contributed by atoms with Crippen LogP contribution in [0.15, 0.2) is 43.1 Å². The third-order valence-corrected chi connectivity index (χ3v) is 9.67. The average Bonchev–Trinajstić information content (AvgIpc) is 3.61. The molecule has 0 bridgehead atoms. The Hall–Kier alpha value is -4.36. The standard InChI is InChI=1S/C30H33F5N8O2Si/c1-19(30(33,34)35)40-28(44)22-11-24(32)25(12-23(22)31)42-15-29(16-42,6-7-36)43-14-20(13-39-43)26-21-5-8-41(27(21)38-17-37-26)18-45-9-10-46(2,3)4/h5,8,11-14,17,19H,6,9-10,15-16,18H2,1-4H3,(H,40,44)/t19-/m0/s1. The van der Waals surface area contributed by atoms with E-state index in [1.807, 2.05) is 16.8 Å². The molecule has 1 fully saturated rings. The van der Waals surface area contributed by atoms with Gasteiger partial charge in [0, 0.05) is 57.2 Å². The van der Waals surface area contributed by atoms with Gasteiger partial charge in [-0.2, -0.15) is 23.5 Å². The molecule has 244 valence electrons. The molecule has 1 aliphatic rings. The number of aromatic nitrogens is 5. The summed E-state index contributed by atoms with van der Waals surface area (Å²) in [6, 6.07) is 4.17. The number of fused-ring (bicyclic) bond motifs is 1. The Morgan fingerprint density at radius 3 is 2.61 bits per heavy atom. The van der Waals surface area contributed by atoms with E-state index in [-0.39, 0.29) is 25.2 Å². The second-order valence-corrected chi connectivity index (χ2v) is 18.3. The zero-order chi connectivity index (χ0) is 33.4. The fourth-order valence-corrected chi connectivity index (χ4v) is 5.97. The van der Waals surface area contributed by atoms with Crippen LogP contribution in [0, 0.1) is 23.0 Å². The quantitative estimate of drug-likeness (QED) is 0.125. The summed E-state index contributed by atoms with van der Waals surface area (Å²) in [6.07, 6.45) is 1.95. The van der Waals surface area contributed by atoms with Crippen molar-refractivity contribution >= 4 is 30.7 Å². The number of alkyl halides is 3. The monoisotopic (exact) mass is 660 g/mol. The number of hydrogen-bond donors (Lipinski definition) is 1. The van der Waals surface area contributed by atoms with Crippen LogP contribution in [0.25, 0.3) is 22.3 Å². The molecule has 0 unspecified atom stereocenters. The fraction of sp³-hybridized carbons (Fsp3) is 0.433.